The Kier molecular flexibility index (Phi) is 7.41. The Morgan fingerprint density at radius 3 is 2.26 bits per heavy atom. The minimum atomic E-state index is -4.70. The first kappa shape index (κ1) is 18.2. The Hall–Kier alpha value is -0.780. The molecule has 0 bridgehead atoms. The first-order chi connectivity index (χ1) is 8.60. The molecule has 0 radical (unpaired) electrons. The summed E-state index contributed by atoms with van der Waals surface area (Å²) in [5.74, 6) is -4.16. The van der Waals surface area contributed by atoms with E-state index >= 15 is 0 Å². The third-order valence-electron chi connectivity index (χ3n) is 3.10. The standard InChI is InChI=1S/C13H24F3NO2/c1-4-5-6-7-12(2,3)9-17-8-10(11(18)19)13(14,15)16/h10,17H,4-9H2,1-3H3,(H,18,19). The van der Waals surface area contributed by atoms with E-state index in [0.29, 0.717) is 6.54 Å². The van der Waals surface area contributed by atoms with Crippen LogP contribution >= 0.6 is 0 Å². The molecular weight excluding hydrogens is 259 g/mol. The van der Waals surface area contributed by atoms with Crippen LogP contribution in [0.3, 0.4) is 0 Å². The molecule has 0 aromatic carbocycles. The number of carboxylic acid groups (broad SMARTS) is 1. The van der Waals surface area contributed by atoms with Crippen LogP contribution in [0.4, 0.5) is 13.2 Å². The molecule has 0 saturated heterocycles. The van der Waals surface area contributed by atoms with Gasteiger partial charge in [-0.05, 0) is 11.8 Å². The van der Waals surface area contributed by atoms with Crippen molar-refractivity contribution in [1.82, 2.24) is 5.32 Å². The number of hydrogen-bond acceptors (Lipinski definition) is 2. The number of carboxylic acids is 1. The third kappa shape index (κ3) is 8.08. The Morgan fingerprint density at radius 2 is 1.84 bits per heavy atom. The summed E-state index contributed by atoms with van der Waals surface area (Å²) in [6.07, 6.45) is -0.558. The number of hydrogen-bond donors (Lipinski definition) is 2. The van der Waals surface area contributed by atoms with Crippen LogP contribution in [0.15, 0.2) is 0 Å². The molecule has 0 aliphatic carbocycles. The molecule has 0 aliphatic rings. The van der Waals surface area contributed by atoms with Gasteiger partial charge in [0.25, 0.3) is 0 Å². The van der Waals surface area contributed by atoms with E-state index in [1.807, 2.05) is 13.8 Å². The van der Waals surface area contributed by atoms with Crippen LogP contribution in [-0.4, -0.2) is 30.3 Å². The molecule has 0 saturated carbocycles. The van der Waals surface area contributed by atoms with Crippen molar-refractivity contribution in [1.29, 1.82) is 0 Å². The summed E-state index contributed by atoms with van der Waals surface area (Å²) >= 11 is 0. The van der Waals surface area contributed by atoms with Crippen molar-refractivity contribution in [3.05, 3.63) is 0 Å². The SMILES string of the molecule is CCCCCC(C)(C)CNCC(C(=O)O)C(F)(F)F. The number of halogens is 3. The average molecular weight is 283 g/mol. The molecule has 0 aromatic rings. The largest absolute Gasteiger partial charge is 0.481 e. The summed E-state index contributed by atoms with van der Waals surface area (Å²) in [6.45, 7) is 5.84. The summed E-state index contributed by atoms with van der Waals surface area (Å²) in [7, 11) is 0. The lowest BCUT2D eigenvalue weighted by Crippen LogP contribution is -2.41. The molecule has 0 heterocycles. The highest BCUT2D eigenvalue weighted by atomic mass is 19.4. The van der Waals surface area contributed by atoms with E-state index in [1.54, 1.807) is 0 Å². The summed E-state index contributed by atoms with van der Waals surface area (Å²) in [5, 5.41) is 11.2. The predicted octanol–water partition coefficient (Wildman–Crippen LogP) is 3.45. The van der Waals surface area contributed by atoms with Crippen LogP contribution in [0.5, 0.6) is 0 Å². The Morgan fingerprint density at radius 1 is 1.26 bits per heavy atom. The van der Waals surface area contributed by atoms with Crippen molar-refractivity contribution in [2.75, 3.05) is 13.1 Å². The summed E-state index contributed by atoms with van der Waals surface area (Å²) in [6, 6.07) is 0. The van der Waals surface area contributed by atoms with Crippen LogP contribution in [0, 0.1) is 11.3 Å². The number of nitrogens with one attached hydrogen (secondary N) is 1. The van der Waals surface area contributed by atoms with E-state index in [-0.39, 0.29) is 5.41 Å². The van der Waals surface area contributed by atoms with Gasteiger partial charge in [-0.15, -0.1) is 0 Å². The molecule has 19 heavy (non-hydrogen) atoms. The van der Waals surface area contributed by atoms with E-state index in [9.17, 15) is 18.0 Å². The molecule has 0 rings (SSSR count). The molecule has 1 atom stereocenters. The van der Waals surface area contributed by atoms with Crippen LogP contribution in [0.2, 0.25) is 0 Å². The van der Waals surface area contributed by atoms with Gasteiger partial charge in [-0.2, -0.15) is 13.2 Å². The number of alkyl halides is 3. The number of rotatable bonds is 9. The molecule has 0 spiro atoms. The highest BCUT2D eigenvalue weighted by Crippen LogP contribution is 2.27. The van der Waals surface area contributed by atoms with Crippen molar-refractivity contribution >= 4 is 5.97 Å². The van der Waals surface area contributed by atoms with Crippen molar-refractivity contribution in [2.24, 2.45) is 11.3 Å². The van der Waals surface area contributed by atoms with Gasteiger partial charge in [0.2, 0.25) is 0 Å². The predicted molar refractivity (Wildman–Crippen MR) is 68.0 cm³/mol. The lowest BCUT2D eigenvalue weighted by Gasteiger charge is -2.26. The molecule has 114 valence electrons. The number of aliphatic carboxylic acids is 1. The monoisotopic (exact) mass is 283 g/mol. The normalized spacial score (nSPS) is 14.4. The minimum Gasteiger partial charge on any atom is -0.481 e. The lowest BCUT2D eigenvalue weighted by molar-refractivity contribution is -0.192. The van der Waals surface area contributed by atoms with Gasteiger partial charge < -0.3 is 10.4 Å². The zero-order valence-corrected chi connectivity index (χ0v) is 11.8. The summed E-state index contributed by atoms with van der Waals surface area (Å²) in [4.78, 5) is 10.6. The van der Waals surface area contributed by atoms with Gasteiger partial charge in [0, 0.05) is 13.1 Å². The smallest absolute Gasteiger partial charge is 0.403 e. The van der Waals surface area contributed by atoms with E-state index < -0.39 is 24.6 Å². The highest BCUT2D eigenvalue weighted by molar-refractivity contribution is 5.71. The number of carbonyl (C=O) groups is 1. The quantitative estimate of drug-likeness (QED) is 0.637. The number of unbranched alkanes of at least 4 members (excludes halogenated alkanes) is 2. The molecule has 0 aliphatic heterocycles. The fourth-order valence-corrected chi connectivity index (χ4v) is 1.84. The maximum atomic E-state index is 12.4. The molecule has 0 amide bonds. The van der Waals surface area contributed by atoms with Crippen molar-refractivity contribution < 1.29 is 23.1 Å². The summed E-state index contributed by atoms with van der Waals surface area (Å²) in [5.41, 5.74) is -0.121. The van der Waals surface area contributed by atoms with Gasteiger partial charge in [-0.25, -0.2) is 0 Å². The zero-order valence-electron chi connectivity index (χ0n) is 11.8. The van der Waals surface area contributed by atoms with E-state index in [1.165, 1.54) is 0 Å². The van der Waals surface area contributed by atoms with Gasteiger partial charge in [0.15, 0.2) is 5.92 Å². The van der Waals surface area contributed by atoms with Crippen LogP contribution in [0.25, 0.3) is 0 Å². The topological polar surface area (TPSA) is 49.3 Å². The van der Waals surface area contributed by atoms with Crippen molar-refractivity contribution in [2.45, 2.75) is 52.6 Å². The van der Waals surface area contributed by atoms with Gasteiger partial charge in [0.1, 0.15) is 0 Å². The fraction of sp³-hybridized carbons (Fsp3) is 0.923. The second-order valence-electron chi connectivity index (χ2n) is 5.68. The van der Waals surface area contributed by atoms with Crippen LogP contribution < -0.4 is 5.32 Å². The van der Waals surface area contributed by atoms with Gasteiger partial charge in [-0.3, -0.25) is 4.79 Å². The Labute approximate surface area is 112 Å². The molecule has 2 N–H and O–H groups in total. The van der Waals surface area contributed by atoms with Gasteiger partial charge in [-0.1, -0.05) is 40.0 Å². The van der Waals surface area contributed by atoms with Gasteiger partial charge >= 0.3 is 12.1 Å². The second kappa shape index (κ2) is 7.72. The molecule has 0 aromatic heterocycles. The molecule has 6 heteroatoms. The average Bonchev–Trinajstić information content (AvgIpc) is 2.22. The lowest BCUT2D eigenvalue weighted by atomic mass is 9.86. The van der Waals surface area contributed by atoms with Crippen LogP contribution in [0.1, 0.15) is 46.5 Å². The van der Waals surface area contributed by atoms with Crippen molar-refractivity contribution in [3.63, 3.8) is 0 Å². The molecule has 3 nitrogen and oxygen atoms in total. The first-order valence-corrected chi connectivity index (χ1v) is 6.60. The maximum Gasteiger partial charge on any atom is 0.403 e. The highest BCUT2D eigenvalue weighted by Gasteiger charge is 2.44. The molecule has 0 fully saturated rings. The van der Waals surface area contributed by atoms with E-state index in [4.69, 9.17) is 5.11 Å². The second-order valence-corrected chi connectivity index (χ2v) is 5.68. The molecular formula is C13H24F3NO2. The fourth-order valence-electron chi connectivity index (χ4n) is 1.84. The Balaban J connectivity index is 4.14. The first-order valence-electron chi connectivity index (χ1n) is 6.60. The van der Waals surface area contributed by atoms with E-state index in [0.717, 1.165) is 25.7 Å². The van der Waals surface area contributed by atoms with Gasteiger partial charge in [0.05, 0.1) is 0 Å². The Bertz CT molecular complexity index is 278. The minimum absolute atomic E-state index is 0.121. The zero-order chi connectivity index (χ0) is 15.1. The maximum absolute atomic E-state index is 12.4. The molecule has 1 unspecified atom stereocenters. The van der Waals surface area contributed by atoms with E-state index in [2.05, 4.69) is 12.2 Å². The summed E-state index contributed by atoms with van der Waals surface area (Å²) < 4.78 is 37.3. The van der Waals surface area contributed by atoms with Crippen molar-refractivity contribution in [3.8, 4) is 0 Å². The third-order valence-corrected chi connectivity index (χ3v) is 3.10. The van der Waals surface area contributed by atoms with Crippen LogP contribution in [-0.2, 0) is 4.79 Å².